The van der Waals surface area contributed by atoms with E-state index in [0.29, 0.717) is 11.5 Å². The van der Waals surface area contributed by atoms with Gasteiger partial charge in [-0.25, -0.2) is 4.79 Å². The van der Waals surface area contributed by atoms with Crippen molar-refractivity contribution in [3.05, 3.63) is 47.9 Å². The topological polar surface area (TPSA) is 63.3 Å². The lowest BCUT2D eigenvalue weighted by Crippen LogP contribution is -1.94. The molecule has 0 aliphatic heterocycles. The molecule has 0 aliphatic rings. The molecule has 0 saturated heterocycles. The SMILES string of the molecule is O=C(O)c1cc(CSc2ccccc2)on1. The predicted molar refractivity (Wildman–Crippen MR) is 59.5 cm³/mol. The maximum absolute atomic E-state index is 10.6. The quantitative estimate of drug-likeness (QED) is 0.825. The van der Waals surface area contributed by atoms with Gasteiger partial charge in [-0.05, 0) is 12.1 Å². The molecule has 1 heterocycles. The van der Waals surface area contributed by atoms with Crippen LogP contribution in [0.4, 0.5) is 0 Å². The smallest absolute Gasteiger partial charge is 0.358 e. The summed E-state index contributed by atoms with van der Waals surface area (Å²) in [6, 6.07) is 11.3. The highest BCUT2D eigenvalue weighted by atomic mass is 32.2. The van der Waals surface area contributed by atoms with Crippen LogP contribution in [-0.2, 0) is 5.75 Å². The first-order valence-electron chi connectivity index (χ1n) is 4.62. The Hall–Kier alpha value is -1.75. The summed E-state index contributed by atoms with van der Waals surface area (Å²) < 4.78 is 4.90. The van der Waals surface area contributed by atoms with Gasteiger partial charge in [-0.3, -0.25) is 0 Å². The van der Waals surface area contributed by atoms with Crippen molar-refractivity contribution < 1.29 is 14.4 Å². The summed E-state index contributed by atoms with van der Waals surface area (Å²) in [6.07, 6.45) is 0. The number of rotatable bonds is 4. The molecule has 0 bridgehead atoms. The lowest BCUT2D eigenvalue weighted by molar-refractivity contribution is 0.0685. The second kappa shape index (κ2) is 4.85. The number of aromatic nitrogens is 1. The van der Waals surface area contributed by atoms with Gasteiger partial charge in [-0.1, -0.05) is 23.4 Å². The molecule has 4 nitrogen and oxygen atoms in total. The molecule has 0 aliphatic carbocycles. The van der Waals surface area contributed by atoms with Gasteiger partial charge in [0.25, 0.3) is 0 Å². The zero-order chi connectivity index (χ0) is 11.4. The summed E-state index contributed by atoms with van der Waals surface area (Å²) in [4.78, 5) is 11.7. The van der Waals surface area contributed by atoms with Crippen LogP contribution < -0.4 is 0 Å². The minimum absolute atomic E-state index is 0.0522. The van der Waals surface area contributed by atoms with E-state index in [2.05, 4.69) is 5.16 Å². The van der Waals surface area contributed by atoms with Gasteiger partial charge < -0.3 is 9.63 Å². The number of carbonyl (C=O) groups is 1. The molecule has 0 spiro atoms. The molecule has 0 unspecified atom stereocenters. The molecule has 1 aromatic heterocycles. The van der Waals surface area contributed by atoms with Gasteiger partial charge >= 0.3 is 5.97 Å². The van der Waals surface area contributed by atoms with Crippen molar-refractivity contribution >= 4 is 17.7 Å². The van der Waals surface area contributed by atoms with Gasteiger partial charge in [0.1, 0.15) is 5.76 Å². The monoisotopic (exact) mass is 235 g/mol. The standard InChI is InChI=1S/C11H9NO3S/c13-11(14)10-6-8(15-12-10)7-16-9-4-2-1-3-5-9/h1-6H,7H2,(H,13,14). The van der Waals surface area contributed by atoms with Crippen molar-refractivity contribution in [1.82, 2.24) is 5.16 Å². The zero-order valence-electron chi connectivity index (χ0n) is 8.29. The van der Waals surface area contributed by atoms with Crippen molar-refractivity contribution in [2.75, 3.05) is 0 Å². The molecule has 0 fully saturated rings. The number of thioether (sulfide) groups is 1. The fourth-order valence-corrected chi connectivity index (χ4v) is 1.95. The zero-order valence-corrected chi connectivity index (χ0v) is 9.11. The van der Waals surface area contributed by atoms with E-state index in [1.807, 2.05) is 30.3 Å². The number of aromatic carboxylic acids is 1. The summed E-state index contributed by atoms with van der Waals surface area (Å²) in [7, 11) is 0. The third-order valence-corrected chi connectivity index (χ3v) is 2.94. The Morgan fingerprint density at radius 3 is 2.75 bits per heavy atom. The first-order chi connectivity index (χ1) is 7.75. The third kappa shape index (κ3) is 2.64. The van der Waals surface area contributed by atoms with Crippen molar-refractivity contribution in [2.45, 2.75) is 10.6 Å². The van der Waals surface area contributed by atoms with Crippen LogP contribution in [0.5, 0.6) is 0 Å². The van der Waals surface area contributed by atoms with E-state index in [4.69, 9.17) is 9.63 Å². The number of hydrogen-bond acceptors (Lipinski definition) is 4. The lowest BCUT2D eigenvalue weighted by Gasteiger charge is -1.96. The summed E-state index contributed by atoms with van der Waals surface area (Å²) in [5.74, 6) is 0.0653. The van der Waals surface area contributed by atoms with Crippen LogP contribution in [0.2, 0.25) is 0 Å². The molecular formula is C11H9NO3S. The summed E-state index contributed by atoms with van der Waals surface area (Å²) in [5, 5.41) is 12.1. The van der Waals surface area contributed by atoms with Crippen molar-refractivity contribution in [2.24, 2.45) is 0 Å². The summed E-state index contributed by atoms with van der Waals surface area (Å²) in [5.41, 5.74) is -0.0522. The van der Waals surface area contributed by atoms with Gasteiger partial charge in [0.05, 0.1) is 5.75 Å². The van der Waals surface area contributed by atoms with Crippen LogP contribution in [0.3, 0.4) is 0 Å². The molecule has 0 saturated carbocycles. The first kappa shape index (κ1) is 10.8. The van der Waals surface area contributed by atoms with E-state index < -0.39 is 5.97 Å². The minimum Gasteiger partial charge on any atom is -0.476 e. The van der Waals surface area contributed by atoms with Crippen molar-refractivity contribution in [1.29, 1.82) is 0 Å². The lowest BCUT2D eigenvalue weighted by atomic mass is 10.4. The molecule has 1 N–H and O–H groups in total. The number of nitrogens with zero attached hydrogens (tertiary/aromatic N) is 1. The fourth-order valence-electron chi connectivity index (χ4n) is 1.15. The van der Waals surface area contributed by atoms with Gasteiger partial charge in [0.15, 0.2) is 5.69 Å². The van der Waals surface area contributed by atoms with Gasteiger partial charge in [-0.2, -0.15) is 0 Å². The molecule has 5 heteroatoms. The first-order valence-corrected chi connectivity index (χ1v) is 5.61. The molecule has 16 heavy (non-hydrogen) atoms. The van der Waals surface area contributed by atoms with Crippen LogP contribution in [0.1, 0.15) is 16.2 Å². The number of carboxylic acid groups (broad SMARTS) is 1. The van der Waals surface area contributed by atoms with E-state index in [1.54, 1.807) is 11.8 Å². The normalized spacial score (nSPS) is 10.2. The second-order valence-electron chi connectivity index (χ2n) is 3.09. The molecule has 82 valence electrons. The highest BCUT2D eigenvalue weighted by Gasteiger charge is 2.10. The average Bonchev–Trinajstić information content (AvgIpc) is 2.76. The van der Waals surface area contributed by atoms with Gasteiger partial charge in [0, 0.05) is 11.0 Å². The van der Waals surface area contributed by atoms with Crippen LogP contribution in [-0.4, -0.2) is 16.2 Å². The van der Waals surface area contributed by atoms with E-state index in [0.717, 1.165) is 4.90 Å². The van der Waals surface area contributed by atoms with E-state index >= 15 is 0 Å². The highest BCUT2D eigenvalue weighted by molar-refractivity contribution is 7.98. The van der Waals surface area contributed by atoms with Crippen molar-refractivity contribution in [3.8, 4) is 0 Å². The molecule has 0 atom stereocenters. The predicted octanol–water partition coefficient (Wildman–Crippen LogP) is 2.67. The Kier molecular flexibility index (Phi) is 3.26. The molecule has 2 rings (SSSR count). The van der Waals surface area contributed by atoms with Crippen LogP contribution in [0.25, 0.3) is 0 Å². The molecule has 0 amide bonds. The Morgan fingerprint density at radius 1 is 1.38 bits per heavy atom. The molecule has 0 radical (unpaired) electrons. The molecular weight excluding hydrogens is 226 g/mol. The fraction of sp³-hybridized carbons (Fsp3) is 0.0909. The molecule has 1 aromatic carbocycles. The highest BCUT2D eigenvalue weighted by Crippen LogP contribution is 2.22. The number of carboxylic acids is 1. The van der Waals surface area contributed by atoms with Gasteiger partial charge in [-0.15, -0.1) is 11.8 Å². The minimum atomic E-state index is -1.07. The Labute approximate surface area is 96.3 Å². The second-order valence-corrected chi connectivity index (χ2v) is 4.13. The van der Waals surface area contributed by atoms with Crippen molar-refractivity contribution in [3.63, 3.8) is 0 Å². The number of benzene rings is 1. The largest absolute Gasteiger partial charge is 0.476 e. The Morgan fingerprint density at radius 2 is 2.12 bits per heavy atom. The number of hydrogen-bond donors (Lipinski definition) is 1. The van der Waals surface area contributed by atoms with E-state index in [-0.39, 0.29) is 5.69 Å². The summed E-state index contributed by atoms with van der Waals surface area (Å²) in [6.45, 7) is 0. The van der Waals surface area contributed by atoms with E-state index in [9.17, 15) is 4.79 Å². The third-order valence-electron chi connectivity index (χ3n) is 1.90. The maximum Gasteiger partial charge on any atom is 0.358 e. The van der Waals surface area contributed by atoms with Crippen LogP contribution in [0.15, 0.2) is 45.8 Å². The average molecular weight is 235 g/mol. The van der Waals surface area contributed by atoms with E-state index in [1.165, 1.54) is 6.07 Å². The summed E-state index contributed by atoms with van der Waals surface area (Å²) >= 11 is 1.57. The van der Waals surface area contributed by atoms with Crippen LogP contribution >= 0.6 is 11.8 Å². The van der Waals surface area contributed by atoms with Gasteiger partial charge in [0.2, 0.25) is 0 Å². The Balaban J connectivity index is 1.97. The molecule has 2 aromatic rings. The maximum atomic E-state index is 10.6. The Bertz CT molecular complexity index is 481. The van der Waals surface area contributed by atoms with Crippen LogP contribution in [0, 0.1) is 0 Å².